The van der Waals surface area contributed by atoms with Gasteiger partial charge >= 0.3 is 0 Å². The second kappa shape index (κ2) is 9.40. The monoisotopic (exact) mass is 489 g/mol. The Balaban J connectivity index is 1.67. The van der Waals surface area contributed by atoms with Crippen LogP contribution in [-0.4, -0.2) is 71.6 Å². The lowest BCUT2D eigenvalue weighted by Gasteiger charge is -2.60. The first-order valence-electron chi connectivity index (χ1n) is 13.1. The molecule has 35 heavy (non-hydrogen) atoms. The van der Waals surface area contributed by atoms with Gasteiger partial charge in [0.25, 0.3) is 0 Å². The fraction of sp³-hybridized carbons (Fsp3) is 0.786. The molecule has 2 N–H and O–H groups in total. The number of fused-ring (bicyclic) bond motifs is 5. The van der Waals surface area contributed by atoms with Crippen molar-refractivity contribution in [3.8, 4) is 0 Å². The van der Waals surface area contributed by atoms with Gasteiger partial charge in [0.2, 0.25) is 5.91 Å². The predicted octanol–water partition coefficient (Wildman–Crippen LogP) is 3.24. The van der Waals surface area contributed by atoms with Crippen molar-refractivity contribution in [3.05, 3.63) is 24.3 Å². The number of ether oxygens (including phenoxy) is 2. The molecule has 196 valence electrons. The molecule has 4 rings (SSSR count). The van der Waals surface area contributed by atoms with E-state index in [1.54, 1.807) is 25.2 Å². The molecule has 0 heterocycles. The van der Waals surface area contributed by atoms with E-state index < -0.39 is 23.4 Å². The molecule has 0 aliphatic heterocycles. The summed E-state index contributed by atoms with van der Waals surface area (Å²) in [6.07, 6.45) is 7.17. The minimum atomic E-state index is -1.08. The van der Waals surface area contributed by atoms with Crippen LogP contribution in [0.1, 0.15) is 65.7 Å². The Kier molecular flexibility index (Phi) is 7.12. The van der Waals surface area contributed by atoms with E-state index in [0.29, 0.717) is 19.3 Å². The van der Waals surface area contributed by atoms with Crippen molar-refractivity contribution in [1.82, 2.24) is 4.90 Å². The summed E-state index contributed by atoms with van der Waals surface area (Å²) >= 11 is 0. The van der Waals surface area contributed by atoms with Crippen molar-refractivity contribution in [2.24, 2.45) is 28.6 Å². The fourth-order valence-electron chi connectivity index (χ4n) is 8.33. The zero-order valence-corrected chi connectivity index (χ0v) is 22.0. The van der Waals surface area contributed by atoms with Crippen LogP contribution in [0.25, 0.3) is 0 Å². The van der Waals surface area contributed by atoms with Gasteiger partial charge < -0.3 is 24.6 Å². The maximum atomic E-state index is 13.3. The lowest BCUT2D eigenvalue weighted by molar-refractivity contribution is -0.154. The van der Waals surface area contributed by atoms with Crippen molar-refractivity contribution >= 4 is 11.7 Å². The number of carbonyl (C=O) groups excluding carboxylic acids is 2. The molecule has 0 saturated heterocycles. The standard InChI is InChI=1S/C28H43NO6/c1-7-24(32)29(16-25(34-5)35-6)17(2)19-10-13-28(33)21-15-23(31)22-14-18(30)8-11-26(22,3)20(21)9-12-27(19,28)4/h7,15,17-20,22,25,30,33H,1,8-14,16H2,2-6H3/t17?,18?,19?,20?,22?,26?,27-,28-/m1/s1. The first kappa shape index (κ1) is 26.5. The van der Waals surface area contributed by atoms with Gasteiger partial charge in [-0.3, -0.25) is 9.59 Å². The quantitative estimate of drug-likeness (QED) is 0.421. The van der Waals surface area contributed by atoms with Crippen molar-refractivity contribution in [1.29, 1.82) is 0 Å². The predicted molar refractivity (Wildman–Crippen MR) is 132 cm³/mol. The first-order chi connectivity index (χ1) is 16.5. The SMILES string of the molecule is C=CC(=O)N(CC(OC)OC)C(C)C1CC[C@@]2(O)C3=CC(=O)C4CC(O)CCC4(C)C3CC[C@]12C. The number of aliphatic hydroxyl groups is 2. The lowest BCUT2D eigenvalue weighted by atomic mass is 9.46. The smallest absolute Gasteiger partial charge is 0.246 e. The van der Waals surface area contributed by atoms with Crippen LogP contribution in [0.2, 0.25) is 0 Å². The lowest BCUT2D eigenvalue weighted by Crippen LogP contribution is -2.60. The number of ketones is 1. The summed E-state index contributed by atoms with van der Waals surface area (Å²) in [6.45, 7) is 10.3. The molecular weight excluding hydrogens is 446 g/mol. The third-order valence-electron chi connectivity index (χ3n) is 10.5. The first-order valence-corrected chi connectivity index (χ1v) is 13.1. The van der Waals surface area contributed by atoms with Crippen LogP contribution in [0.4, 0.5) is 0 Å². The van der Waals surface area contributed by atoms with Crippen LogP contribution in [0.15, 0.2) is 24.3 Å². The van der Waals surface area contributed by atoms with Gasteiger partial charge in [-0.25, -0.2) is 0 Å². The van der Waals surface area contributed by atoms with Gasteiger partial charge in [-0.2, -0.15) is 0 Å². The molecule has 6 unspecified atom stereocenters. The molecule has 7 heteroatoms. The highest BCUT2D eigenvalue weighted by Gasteiger charge is 2.66. The van der Waals surface area contributed by atoms with Crippen LogP contribution in [-0.2, 0) is 19.1 Å². The molecule has 0 aromatic rings. The van der Waals surface area contributed by atoms with E-state index in [9.17, 15) is 19.8 Å². The van der Waals surface area contributed by atoms with Gasteiger partial charge in [-0.05, 0) is 86.8 Å². The van der Waals surface area contributed by atoms with E-state index >= 15 is 0 Å². The highest BCUT2D eigenvalue weighted by atomic mass is 16.7. The van der Waals surface area contributed by atoms with E-state index in [-0.39, 0.29) is 47.4 Å². The summed E-state index contributed by atoms with van der Waals surface area (Å²) in [5.41, 5.74) is -0.883. The minimum absolute atomic E-state index is 0.0430. The maximum absolute atomic E-state index is 13.3. The average Bonchev–Trinajstić information content (AvgIpc) is 3.12. The van der Waals surface area contributed by atoms with E-state index in [4.69, 9.17) is 9.47 Å². The Morgan fingerprint density at radius 3 is 2.51 bits per heavy atom. The van der Waals surface area contributed by atoms with E-state index in [1.165, 1.54) is 6.08 Å². The third-order valence-corrected chi connectivity index (χ3v) is 10.5. The Hall–Kier alpha value is -1.54. The molecule has 0 spiro atoms. The summed E-state index contributed by atoms with van der Waals surface area (Å²) in [6, 6.07) is -0.170. The van der Waals surface area contributed by atoms with Crippen molar-refractivity contribution in [2.45, 2.75) is 89.8 Å². The Morgan fingerprint density at radius 1 is 1.20 bits per heavy atom. The molecule has 0 bridgehead atoms. The molecule has 7 nitrogen and oxygen atoms in total. The van der Waals surface area contributed by atoms with Crippen LogP contribution >= 0.6 is 0 Å². The molecule has 0 aromatic heterocycles. The van der Waals surface area contributed by atoms with Gasteiger partial charge in [0.1, 0.15) is 0 Å². The van der Waals surface area contributed by atoms with Gasteiger partial charge in [-0.1, -0.05) is 20.4 Å². The Bertz CT molecular complexity index is 898. The number of nitrogens with zero attached hydrogens (tertiary/aromatic N) is 1. The highest BCUT2D eigenvalue weighted by molar-refractivity contribution is 5.95. The second-order valence-corrected chi connectivity index (χ2v) is 11.8. The topological polar surface area (TPSA) is 96.3 Å². The van der Waals surface area contributed by atoms with Gasteiger partial charge in [0.05, 0.1) is 18.2 Å². The molecule has 3 fully saturated rings. The normalized spacial score (nSPS) is 41.5. The molecule has 3 saturated carbocycles. The third kappa shape index (κ3) is 3.94. The summed E-state index contributed by atoms with van der Waals surface area (Å²) < 4.78 is 10.8. The molecule has 0 aromatic carbocycles. The molecule has 4 aliphatic carbocycles. The summed E-state index contributed by atoms with van der Waals surface area (Å²) in [7, 11) is 3.11. The van der Waals surface area contributed by atoms with Gasteiger partial charge in [0, 0.05) is 31.6 Å². The highest BCUT2D eigenvalue weighted by Crippen LogP contribution is 2.67. The summed E-state index contributed by atoms with van der Waals surface area (Å²) in [5, 5.41) is 22.6. The number of hydrogen-bond acceptors (Lipinski definition) is 6. The van der Waals surface area contributed by atoms with Crippen molar-refractivity contribution in [3.63, 3.8) is 0 Å². The van der Waals surface area contributed by atoms with Gasteiger partial charge in [-0.15, -0.1) is 0 Å². The zero-order valence-electron chi connectivity index (χ0n) is 22.0. The average molecular weight is 490 g/mol. The molecule has 1 amide bonds. The maximum Gasteiger partial charge on any atom is 0.246 e. The van der Waals surface area contributed by atoms with E-state index in [2.05, 4.69) is 20.4 Å². The van der Waals surface area contributed by atoms with E-state index in [1.807, 2.05) is 6.92 Å². The number of allylic oxidation sites excluding steroid dienone is 1. The minimum Gasteiger partial charge on any atom is -0.393 e. The largest absolute Gasteiger partial charge is 0.393 e. The Morgan fingerprint density at radius 2 is 1.89 bits per heavy atom. The van der Waals surface area contributed by atoms with Crippen molar-refractivity contribution in [2.75, 3.05) is 20.8 Å². The molecule has 8 atom stereocenters. The van der Waals surface area contributed by atoms with Crippen LogP contribution in [0, 0.1) is 28.6 Å². The second-order valence-electron chi connectivity index (χ2n) is 11.8. The van der Waals surface area contributed by atoms with Crippen LogP contribution in [0.3, 0.4) is 0 Å². The number of carbonyl (C=O) groups is 2. The number of hydrogen-bond donors (Lipinski definition) is 2. The number of aliphatic hydroxyl groups excluding tert-OH is 1. The fourth-order valence-corrected chi connectivity index (χ4v) is 8.33. The molecule has 4 aliphatic rings. The summed E-state index contributed by atoms with van der Waals surface area (Å²) in [4.78, 5) is 27.9. The Labute approximate surface area is 209 Å². The number of methoxy groups -OCH3 is 2. The van der Waals surface area contributed by atoms with Crippen molar-refractivity contribution < 1.29 is 29.3 Å². The van der Waals surface area contributed by atoms with E-state index in [0.717, 1.165) is 31.3 Å². The number of rotatable bonds is 7. The van der Waals surface area contributed by atoms with Crippen LogP contribution in [0.5, 0.6) is 0 Å². The zero-order chi connectivity index (χ0) is 25.8. The number of amides is 1. The van der Waals surface area contributed by atoms with Crippen LogP contribution < -0.4 is 0 Å². The molecular formula is C28H43NO6. The van der Waals surface area contributed by atoms with Gasteiger partial charge in [0.15, 0.2) is 12.1 Å². The molecule has 0 radical (unpaired) electrons. The summed E-state index contributed by atoms with van der Waals surface area (Å²) in [5.74, 6) is -0.126.